The Kier molecular flexibility index (Phi) is 5.32. The Hall–Kier alpha value is -1.43. The molecule has 19 heavy (non-hydrogen) atoms. The van der Waals surface area contributed by atoms with Crippen molar-refractivity contribution in [3.8, 4) is 0 Å². The number of aliphatic hydroxyl groups excluding tert-OH is 1. The van der Waals surface area contributed by atoms with Gasteiger partial charge in [-0.1, -0.05) is 6.07 Å². The largest absolute Gasteiger partial charge is 0.394 e. The molecule has 0 atom stereocenters. The predicted molar refractivity (Wildman–Crippen MR) is 69.8 cm³/mol. The van der Waals surface area contributed by atoms with Crippen LogP contribution in [0.15, 0.2) is 18.2 Å². The first-order valence-electron chi connectivity index (χ1n) is 6.47. The van der Waals surface area contributed by atoms with Crippen molar-refractivity contribution in [2.45, 2.75) is 19.6 Å². The lowest BCUT2D eigenvalue weighted by Gasteiger charge is -2.07. The Balaban J connectivity index is 1.74. The zero-order valence-electron chi connectivity index (χ0n) is 10.9. The van der Waals surface area contributed by atoms with Crippen LogP contribution in [-0.2, 0) is 22.7 Å². The fourth-order valence-electron chi connectivity index (χ4n) is 1.96. The predicted octanol–water partition coefficient (Wildman–Crippen LogP) is 0.846. The number of carbonyl (C=O) groups is 1. The van der Waals surface area contributed by atoms with Crippen LogP contribution in [0.4, 0.5) is 0 Å². The highest BCUT2D eigenvalue weighted by molar-refractivity contribution is 5.94. The maximum Gasteiger partial charge on any atom is 0.251 e. The van der Waals surface area contributed by atoms with E-state index in [0.29, 0.717) is 38.5 Å². The molecule has 0 aliphatic carbocycles. The molecule has 0 unspecified atom stereocenters. The Morgan fingerprint density at radius 1 is 1.32 bits per heavy atom. The molecule has 0 saturated heterocycles. The maximum atomic E-state index is 11.9. The summed E-state index contributed by atoms with van der Waals surface area (Å²) in [7, 11) is 0. The van der Waals surface area contributed by atoms with Crippen molar-refractivity contribution in [2.75, 3.05) is 26.4 Å². The summed E-state index contributed by atoms with van der Waals surface area (Å²) in [6.45, 7) is 2.71. The number of rotatable bonds is 7. The zero-order valence-corrected chi connectivity index (χ0v) is 10.9. The molecule has 104 valence electrons. The summed E-state index contributed by atoms with van der Waals surface area (Å²) in [5.74, 6) is -0.0724. The summed E-state index contributed by atoms with van der Waals surface area (Å²) < 4.78 is 10.4. The smallest absolute Gasteiger partial charge is 0.251 e. The number of hydrogen-bond acceptors (Lipinski definition) is 4. The molecule has 0 spiro atoms. The fourth-order valence-corrected chi connectivity index (χ4v) is 1.96. The minimum absolute atomic E-state index is 0.0313. The van der Waals surface area contributed by atoms with Crippen molar-refractivity contribution >= 4 is 5.91 Å². The minimum Gasteiger partial charge on any atom is -0.394 e. The van der Waals surface area contributed by atoms with Gasteiger partial charge in [0, 0.05) is 18.7 Å². The first-order valence-corrected chi connectivity index (χ1v) is 6.47. The zero-order chi connectivity index (χ0) is 13.5. The number of fused-ring (bicyclic) bond motifs is 1. The van der Waals surface area contributed by atoms with Crippen LogP contribution in [0, 0.1) is 0 Å². The lowest BCUT2D eigenvalue weighted by atomic mass is 10.1. The number of amides is 1. The van der Waals surface area contributed by atoms with E-state index in [-0.39, 0.29) is 12.5 Å². The molecule has 5 heteroatoms. The van der Waals surface area contributed by atoms with Crippen LogP contribution in [0.2, 0.25) is 0 Å². The van der Waals surface area contributed by atoms with E-state index < -0.39 is 0 Å². The van der Waals surface area contributed by atoms with Gasteiger partial charge < -0.3 is 19.9 Å². The van der Waals surface area contributed by atoms with Crippen molar-refractivity contribution in [1.82, 2.24) is 5.32 Å². The summed E-state index contributed by atoms with van der Waals surface area (Å²) in [6, 6.07) is 5.66. The van der Waals surface area contributed by atoms with Crippen LogP contribution >= 0.6 is 0 Å². The SMILES string of the molecule is O=C(NCCCOCCO)c1ccc2c(c1)COC2. The second kappa shape index (κ2) is 7.23. The average molecular weight is 265 g/mol. The molecule has 0 bridgehead atoms. The van der Waals surface area contributed by atoms with E-state index in [1.807, 2.05) is 18.2 Å². The third-order valence-corrected chi connectivity index (χ3v) is 2.97. The topological polar surface area (TPSA) is 67.8 Å². The number of aliphatic hydroxyl groups is 1. The highest BCUT2D eigenvalue weighted by atomic mass is 16.5. The Bertz CT molecular complexity index is 433. The Morgan fingerprint density at radius 2 is 2.16 bits per heavy atom. The van der Waals surface area contributed by atoms with Gasteiger partial charge in [0.2, 0.25) is 0 Å². The van der Waals surface area contributed by atoms with Crippen LogP contribution < -0.4 is 5.32 Å². The van der Waals surface area contributed by atoms with Gasteiger partial charge in [-0.15, -0.1) is 0 Å². The number of ether oxygens (including phenoxy) is 2. The molecule has 1 aromatic rings. The molecule has 0 saturated carbocycles. The van der Waals surface area contributed by atoms with E-state index in [1.54, 1.807) is 0 Å². The molecule has 0 radical (unpaired) electrons. The lowest BCUT2D eigenvalue weighted by Crippen LogP contribution is -2.25. The first-order chi connectivity index (χ1) is 9.31. The van der Waals surface area contributed by atoms with E-state index in [4.69, 9.17) is 14.6 Å². The molecule has 1 aromatic carbocycles. The van der Waals surface area contributed by atoms with Gasteiger partial charge in [0.25, 0.3) is 5.91 Å². The standard InChI is InChI=1S/C14H19NO4/c16-5-7-18-6-1-4-15-14(17)11-2-3-12-9-19-10-13(12)8-11/h2-3,8,16H,1,4-7,9-10H2,(H,15,17). The molecule has 1 heterocycles. The average Bonchev–Trinajstić information content (AvgIpc) is 2.89. The van der Waals surface area contributed by atoms with Crippen molar-refractivity contribution in [3.63, 3.8) is 0 Å². The van der Waals surface area contributed by atoms with Crippen LogP contribution in [0.1, 0.15) is 27.9 Å². The monoisotopic (exact) mass is 265 g/mol. The van der Waals surface area contributed by atoms with Gasteiger partial charge in [0.1, 0.15) is 0 Å². The molecule has 0 aromatic heterocycles. The highest BCUT2D eigenvalue weighted by Gasteiger charge is 2.13. The molecule has 0 fully saturated rings. The van der Waals surface area contributed by atoms with Gasteiger partial charge in [0.15, 0.2) is 0 Å². The number of benzene rings is 1. The van der Waals surface area contributed by atoms with E-state index >= 15 is 0 Å². The van der Waals surface area contributed by atoms with Gasteiger partial charge in [-0.2, -0.15) is 0 Å². The molecule has 1 aliphatic rings. The number of carbonyl (C=O) groups excluding carboxylic acids is 1. The summed E-state index contributed by atoms with van der Waals surface area (Å²) in [5.41, 5.74) is 2.92. The molecule has 1 amide bonds. The Labute approximate surface area is 112 Å². The van der Waals surface area contributed by atoms with Gasteiger partial charge in [-0.25, -0.2) is 0 Å². The first kappa shape index (κ1) is 14.0. The number of nitrogens with one attached hydrogen (secondary N) is 1. The van der Waals surface area contributed by atoms with Crippen LogP contribution in [-0.4, -0.2) is 37.4 Å². The van der Waals surface area contributed by atoms with Crippen molar-refractivity contribution in [3.05, 3.63) is 34.9 Å². The molecule has 5 nitrogen and oxygen atoms in total. The van der Waals surface area contributed by atoms with E-state index in [2.05, 4.69) is 5.32 Å². The molecular formula is C14H19NO4. The lowest BCUT2D eigenvalue weighted by molar-refractivity contribution is 0.0867. The molecular weight excluding hydrogens is 246 g/mol. The second-order valence-electron chi connectivity index (χ2n) is 4.42. The molecule has 2 rings (SSSR count). The molecule has 2 N–H and O–H groups in total. The van der Waals surface area contributed by atoms with Crippen molar-refractivity contribution < 1.29 is 19.4 Å². The third kappa shape index (κ3) is 4.02. The molecule has 1 aliphatic heterocycles. The second-order valence-corrected chi connectivity index (χ2v) is 4.42. The van der Waals surface area contributed by atoms with Crippen LogP contribution in [0.25, 0.3) is 0 Å². The van der Waals surface area contributed by atoms with Gasteiger partial charge in [0.05, 0.1) is 26.4 Å². The minimum atomic E-state index is -0.0724. The van der Waals surface area contributed by atoms with E-state index in [9.17, 15) is 4.79 Å². The van der Waals surface area contributed by atoms with Gasteiger partial charge >= 0.3 is 0 Å². The quantitative estimate of drug-likeness (QED) is 0.717. The summed E-state index contributed by atoms with van der Waals surface area (Å²) >= 11 is 0. The van der Waals surface area contributed by atoms with Gasteiger partial charge in [-0.3, -0.25) is 4.79 Å². The van der Waals surface area contributed by atoms with Crippen LogP contribution in [0.5, 0.6) is 0 Å². The number of hydrogen-bond donors (Lipinski definition) is 2. The Morgan fingerprint density at radius 3 is 3.00 bits per heavy atom. The highest BCUT2D eigenvalue weighted by Crippen LogP contribution is 2.20. The summed E-state index contributed by atoms with van der Waals surface area (Å²) in [6.07, 6.45) is 0.736. The maximum absolute atomic E-state index is 11.9. The van der Waals surface area contributed by atoms with Gasteiger partial charge in [-0.05, 0) is 29.7 Å². The van der Waals surface area contributed by atoms with E-state index in [1.165, 1.54) is 0 Å². The summed E-state index contributed by atoms with van der Waals surface area (Å²) in [4.78, 5) is 11.9. The normalized spacial score (nSPS) is 13.3. The summed E-state index contributed by atoms with van der Waals surface area (Å²) in [5, 5.41) is 11.4. The van der Waals surface area contributed by atoms with E-state index in [0.717, 1.165) is 17.5 Å². The van der Waals surface area contributed by atoms with Crippen molar-refractivity contribution in [1.29, 1.82) is 0 Å². The van der Waals surface area contributed by atoms with Crippen LogP contribution in [0.3, 0.4) is 0 Å². The fraction of sp³-hybridized carbons (Fsp3) is 0.500. The van der Waals surface area contributed by atoms with Crippen molar-refractivity contribution in [2.24, 2.45) is 0 Å². The third-order valence-electron chi connectivity index (χ3n) is 2.97.